The number of aromatic nitrogens is 1. The van der Waals surface area contributed by atoms with Gasteiger partial charge in [0.15, 0.2) is 11.5 Å². The smallest absolute Gasteiger partial charge is 0.264 e. The minimum Gasteiger partial charge on any atom is -0.493 e. The summed E-state index contributed by atoms with van der Waals surface area (Å²) in [5.41, 5.74) is 1.83. The Balaban J connectivity index is 1.52. The van der Waals surface area contributed by atoms with Gasteiger partial charge in [-0.1, -0.05) is 12.1 Å². The van der Waals surface area contributed by atoms with E-state index in [4.69, 9.17) is 9.47 Å². The number of pyridine rings is 1. The van der Waals surface area contributed by atoms with Crippen LogP contribution in [0.2, 0.25) is 0 Å². The number of carbonyl (C=O) groups is 2. The molecule has 7 nitrogen and oxygen atoms in total. The number of amides is 2. The highest BCUT2D eigenvalue weighted by Crippen LogP contribution is 2.30. The van der Waals surface area contributed by atoms with Gasteiger partial charge in [-0.15, -0.1) is 11.3 Å². The number of aryl methyl sites for hydroxylation is 1. The summed E-state index contributed by atoms with van der Waals surface area (Å²) in [5, 5.41) is 2.96. The van der Waals surface area contributed by atoms with E-state index in [1.165, 1.54) is 11.3 Å². The summed E-state index contributed by atoms with van der Waals surface area (Å²) in [6.07, 6.45) is 4.91. The number of rotatable bonds is 9. The Bertz CT molecular complexity index is 1150. The van der Waals surface area contributed by atoms with Crippen LogP contribution in [0.25, 0.3) is 0 Å². The summed E-state index contributed by atoms with van der Waals surface area (Å²) >= 11 is 1.45. The highest BCUT2D eigenvalue weighted by molar-refractivity contribution is 7.13. The van der Waals surface area contributed by atoms with Gasteiger partial charge in [0.25, 0.3) is 5.91 Å². The molecule has 8 heteroatoms. The zero-order valence-corrected chi connectivity index (χ0v) is 21.0. The first-order valence-electron chi connectivity index (χ1n) is 11.9. The van der Waals surface area contributed by atoms with Crippen LogP contribution >= 0.6 is 11.3 Å². The maximum Gasteiger partial charge on any atom is 0.264 e. The normalized spacial score (nSPS) is 15.7. The van der Waals surface area contributed by atoms with Crippen LogP contribution in [-0.4, -0.2) is 48.0 Å². The van der Waals surface area contributed by atoms with Crippen LogP contribution in [0, 0.1) is 6.92 Å². The molecule has 1 aliphatic heterocycles. The fourth-order valence-corrected chi connectivity index (χ4v) is 5.00. The van der Waals surface area contributed by atoms with Crippen molar-refractivity contribution < 1.29 is 19.1 Å². The Morgan fingerprint density at radius 1 is 1.17 bits per heavy atom. The highest BCUT2D eigenvalue weighted by Gasteiger charge is 2.32. The van der Waals surface area contributed by atoms with Gasteiger partial charge in [0.1, 0.15) is 6.04 Å². The van der Waals surface area contributed by atoms with Crippen molar-refractivity contribution in [2.24, 2.45) is 0 Å². The lowest BCUT2D eigenvalue weighted by molar-refractivity contribution is -0.125. The molecule has 0 radical (unpaired) electrons. The third-order valence-corrected chi connectivity index (χ3v) is 7.01. The molecule has 0 saturated carbocycles. The van der Waals surface area contributed by atoms with Crippen LogP contribution in [0.3, 0.4) is 0 Å². The second-order valence-electron chi connectivity index (χ2n) is 8.55. The van der Waals surface area contributed by atoms with E-state index in [0.717, 1.165) is 29.0 Å². The van der Waals surface area contributed by atoms with E-state index in [0.29, 0.717) is 48.9 Å². The van der Waals surface area contributed by atoms with E-state index in [-0.39, 0.29) is 11.8 Å². The summed E-state index contributed by atoms with van der Waals surface area (Å²) in [7, 11) is 1.60. The average Bonchev–Trinajstić information content (AvgIpc) is 3.20. The second-order valence-corrected chi connectivity index (χ2v) is 9.84. The Kier molecular flexibility index (Phi) is 8.36. The van der Waals surface area contributed by atoms with Crippen molar-refractivity contribution in [3.05, 3.63) is 75.7 Å². The monoisotopic (exact) mass is 493 g/mol. The van der Waals surface area contributed by atoms with Gasteiger partial charge in [-0.05, 0) is 68.1 Å². The molecule has 3 heterocycles. The van der Waals surface area contributed by atoms with E-state index in [1.807, 2.05) is 55.5 Å². The number of carbonyl (C=O) groups excluding carboxylic acids is 2. The lowest BCUT2D eigenvalue weighted by Gasteiger charge is -2.30. The molecule has 0 unspecified atom stereocenters. The summed E-state index contributed by atoms with van der Waals surface area (Å²) in [6.45, 7) is 3.39. The van der Waals surface area contributed by atoms with Crippen molar-refractivity contribution in [3.63, 3.8) is 0 Å². The van der Waals surface area contributed by atoms with Gasteiger partial charge in [-0.25, -0.2) is 0 Å². The summed E-state index contributed by atoms with van der Waals surface area (Å²) in [5.74, 6) is 1.00. The molecular weight excluding hydrogens is 462 g/mol. The number of hydrogen-bond acceptors (Lipinski definition) is 6. The van der Waals surface area contributed by atoms with Crippen LogP contribution in [0.5, 0.6) is 11.5 Å². The van der Waals surface area contributed by atoms with Crippen LogP contribution in [0.15, 0.2) is 54.7 Å². The molecule has 35 heavy (non-hydrogen) atoms. The number of benzene rings is 1. The third-order valence-electron chi connectivity index (χ3n) is 6.02. The molecular formula is C27H31N3O4S. The molecule has 3 aromatic rings. The lowest BCUT2D eigenvalue weighted by atomic mass is 10.1. The molecule has 1 aromatic carbocycles. The van der Waals surface area contributed by atoms with Gasteiger partial charge < -0.3 is 19.7 Å². The Hall–Kier alpha value is -3.39. The van der Waals surface area contributed by atoms with Crippen LogP contribution in [-0.2, 0) is 17.8 Å². The number of hydrogen-bond donors (Lipinski definition) is 1. The summed E-state index contributed by atoms with van der Waals surface area (Å²) in [4.78, 5) is 34.1. The molecule has 184 valence electrons. The van der Waals surface area contributed by atoms with Crippen molar-refractivity contribution in [2.45, 2.75) is 45.2 Å². The Labute approximate surface area is 210 Å². The number of nitrogens with one attached hydrogen (secondary N) is 1. The first-order valence-corrected chi connectivity index (χ1v) is 12.7. The summed E-state index contributed by atoms with van der Waals surface area (Å²) in [6, 6.07) is 14.7. The molecule has 0 bridgehead atoms. The number of ether oxygens (including phenoxy) is 2. The van der Waals surface area contributed by atoms with E-state index >= 15 is 0 Å². The third kappa shape index (κ3) is 6.39. The number of methoxy groups -OCH3 is 1. The van der Waals surface area contributed by atoms with Crippen LogP contribution < -0.4 is 14.8 Å². The quantitative estimate of drug-likeness (QED) is 0.478. The second kappa shape index (κ2) is 11.8. The molecule has 0 spiro atoms. The van der Waals surface area contributed by atoms with Gasteiger partial charge >= 0.3 is 0 Å². The first-order chi connectivity index (χ1) is 17.0. The molecule has 0 aliphatic carbocycles. The minimum atomic E-state index is -0.507. The van der Waals surface area contributed by atoms with Crippen LogP contribution in [0.1, 0.15) is 45.1 Å². The average molecular weight is 494 g/mol. The molecule has 1 saturated heterocycles. The largest absolute Gasteiger partial charge is 0.493 e. The van der Waals surface area contributed by atoms with Crippen molar-refractivity contribution in [1.82, 2.24) is 15.2 Å². The maximum atomic E-state index is 13.5. The number of nitrogens with zero attached hydrogens (tertiary/aromatic N) is 2. The summed E-state index contributed by atoms with van der Waals surface area (Å²) < 4.78 is 11.5. The zero-order chi connectivity index (χ0) is 24.6. The number of thiophene rings is 1. The van der Waals surface area contributed by atoms with Crippen molar-refractivity contribution in [2.75, 3.05) is 20.3 Å². The standard InChI is InChI=1S/C27H31N3O4S/c1-19-9-12-25(35-19)27(32)30(22-8-4-6-15-29-26(22)31)18-20-10-11-23(24(17-20)33-2)34-16-13-21-7-3-5-14-28-21/h3,5,7,9-12,14,17,22H,4,6,8,13,15-16,18H2,1-2H3,(H,29,31)/t22-/m0/s1. The predicted octanol–water partition coefficient (Wildman–Crippen LogP) is 4.39. The Morgan fingerprint density at radius 2 is 2.06 bits per heavy atom. The van der Waals surface area contributed by atoms with Gasteiger partial charge in [-0.2, -0.15) is 0 Å². The van der Waals surface area contributed by atoms with Crippen molar-refractivity contribution in [1.29, 1.82) is 0 Å². The maximum absolute atomic E-state index is 13.5. The SMILES string of the molecule is COc1cc(CN(C(=O)c2ccc(C)s2)[C@H]2CCCCNC2=O)ccc1OCCc1ccccn1. The lowest BCUT2D eigenvalue weighted by Crippen LogP contribution is -2.48. The predicted molar refractivity (Wildman–Crippen MR) is 136 cm³/mol. The molecule has 2 aromatic heterocycles. The first kappa shape index (κ1) is 24.7. The zero-order valence-electron chi connectivity index (χ0n) is 20.2. The van der Waals surface area contributed by atoms with Gasteiger partial charge in [0.05, 0.1) is 18.6 Å². The topological polar surface area (TPSA) is 80.8 Å². The van der Waals surface area contributed by atoms with E-state index in [1.54, 1.807) is 18.2 Å². The molecule has 4 rings (SSSR count). The van der Waals surface area contributed by atoms with Gasteiger partial charge in [0, 0.05) is 36.3 Å². The molecule has 2 amide bonds. The van der Waals surface area contributed by atoms with Crippen molar-refractivity contribution >= 4 is 23.2 Å². The molecule has 1 aliphatic rings. The fraction of sp³-hybridized carbons (Fsp3) is 0.370. The molecule has 1 fully saturated rings. The highest BCUT2D eigenvalue weighted by atomic mass is 32.1. The molecule has 1 N–H and O–H groups in total. The fourth-order valence-electron chi connectivity index (χ4n) is 4.17. The Morgan fingerprint density at radius 3 is 2.80 bits per heavy atom. The van der Waals surface area contributed by atoms with Gasteiger partial charge in [0.2, 0.25) is 5.91 Å². The van der Waals surface area contributed by atoms with Crippen molar-refractivity contribution in [3.8, 4) is 11.5 Å². The molecule has 1 atom stereocenters. The van der Waals surface area contributed by atoms with E-state index < -0.39 is 6.04 Å². The van der Waals surface area contributed by atoms with Crippen LogP contribution in [0.4, 0.5) is 0 Å². The van der Waals surface area contributed by atoms with E-state index in [2.05, 4.69) is 10.3 Å². The minimum absolute atomic E-state index is 0.0921. The van der Waals surface area contributed by atoms with Gasteiger partial charge in [-0.3, -0.25) is 14.6 Å². The van der Waals surface area contributed by atoms with E-state index in [9.17, 15) is 9.59 Å².